The van der Waals surface area contributed by atoms with E-state index in [1.165, 1.54) is 5.56 Å². The van der Waals surface area contributed by atoms with E-state index in [0.717, 1.165) is 13.1 Å². The largest absolute Gasteiger partial charge is 0.300 e. The van der Waals surface area contributed by atoms with Gasteiger partial charge in [0.05, 0.1) is 0 Å². The Morgan fingerprint density at radius 3 is 2.56 bits per heavy atom. The van der Waals surface area contributed by atoms with E-state index in [2.05, 4.69) is 43.0 Å². The van der Waals surface area contributed by atoms with Crippen LogP contribution in [0.4, 0.5) is 0 Å². The first-order valence-corrected chi connectivity index (χ1v) is 5.89. The summed E-state index contributed by atoms with van der Waals surface area (Å²) in [5, 5.41) is 0. The molecule has 0 spiro atoms. The Morgan fingerprint density at radius 2 is 1.94 bits per heavy atom. The van der Waals surface area contributed by atoms with Crippen molar-refractivity contribution in [3.05, 3.63) is 35.9 Å². The van der Waals surface area contributed by atoms with Crippen molar-refractivity contribution in [1.82, 2.24) is 4.90 Å². The summed E-state index contributed by atoms with van der Waals surface area (Å²) in [6.07, 6.45) is 1.39. The van der Waals surface area contributed by atoms with E-state index < -0.39 is 0 Å². The third kappa shape index (κ3) is 2.50. The van der Waals surface area contributed by atoms with Gasteiger partial charge in [0, 0.05) is 31.5 Å². The molecule has 0 atom stereocenters. The van der Waals surface area contributed by atoms with Gasteiger partial charge in [0.2, 0.25) is 0 Å². The second-order valence-electron chi connectivity index (χ2n) is 5.19. The highest BCUT2D eigenvalue weighted by Crippen LogP contribution is 2.26. The SMILES string of the molecule is CC1(C)CC(=O)CCN1Cc1ccccc1. The van der Waals surface area contributed by atoms with E-state index in [1.54, 1.807) is 0 Å². The van der Waals surface area contributed by atoms with Crippen LogP contribution >= 0.6 is 0 Å². The Balaban J connectivity index is 2.07. The van der Waals surface area contributed by atoms with Crippen molar-refractivity contribution < 1.29 is 4.79 Å². The van der Waals surface area contributed by atoms with Crippen LogP contribution in [-0.4, -0.2) is 22.8 Å². The van der Waals surface area contributed by atoms with Gasteiger partial charge in [-0.2, -0.15) is 0 Å². The first-order valence-electron chi connectivity index (χ1n) is 5.89. The molecular formula is C14H19NO. The zero-order chi connectivity index (χ0) is 11.6. The van der Waals surface area contributed by atoms with Crippen LogP contribution in [-0.2, 0) is 11.3 Å². The number of hydrogen-bond donors (Lipinski definition) is 0. The third-order valence-electron chi connectivity index (χ3n) is 3.36. The number of nitrogens with zero attached hydrogens (tertiary/aromatic N) is 1. The molecule has 1 heterocycles. The fraction of sp³-hybridized carbons (Fsp3) is 0.500. The van der Waals surface area contributed by atoms with Crippen LogP contribution in [0.1, 0.15) is 32.3 Å². The van der Waals surface area contributed by atoms with Crippen LogP contribution in [0.5, 0.6) is 0 Å². The lowest BCUT2D eigenvalue weighted by Crippen LogP contribution is -2.49. The van der Waals surface area contributed by atoms with Gasteiger partial charge in [-0.05, 0) is 19.4 Å². The van der Waals surface area contributed by atoms with E-state index in [0.29, 0.717) is 18.6 Å². The molecule has 0 unspecified atom stereocenters. The lowest BCUT2D eigenvalue weighted by molar-refractivity contribution is -0.125. The van der Waals surface area contributed by atoms with Crippen molar-refractivity contribution in [2.24, 2.45) is 0 Å². The molecule has 0 radical (unpaired) electrons. The minimum atomic E-state index is 0.00513. The highest BCUT2D eigenvalue weighted by Gasteiger charge is 2.33. The van der Waals surface area contributed by atoms with Crippen LogP contribution in [0.3, 0.4) is 0 Å². The summed E-state index contributed by atoms with van der Waals surface area (Å²) in [4.78, 5) is 13.9. The molecular weight excluding hydrogens is 198 g/mol. The van der Waals surface area contributed by atoms with Gasteiger partial charge in [0.15, 0.2) is 0 Å². The molecule has 1 aromatic rings. The molecule has 2 nitrogen and oxygen atoms in total. The number of Topliss-reactive ketones (excluding diaryl/α,β-unsaturated/α-hetero) is 1. The summed E-state index contributed by atoms with van der Waals surface area (Å²) in [7, 11) is 0. The minimum Gasteiger partial charge on any atom is -0.300 e. The summed E-state index contributed by atoms with van der Waals surface area (Å²) in [5.41, 5.74) is 1.33. The summed E-state index contributed by atoms with van der Waals surface area (Å²) >= 11 is 0. The Morgan fingerprint density at radius 1 is 1.25 bits per heavy atom. The fourth-order valence-corrected chi connectivity index (χ4v) is 2.34. The number of carbonyl (C=O) groups excluding carboxylic acids is 1. The number of hydrogen-bond acceptors (Lipinski definition) is 2. The molecule has 1 aliphatic heterocycles. The van der Waals surface area contributed by atoms with E-state index in [4.69, 9.17) is 0 Å². The maximum Gasteiger partial charge on any atom is 0.136 e. The Kier molecular flexibility index (Phi) is 3.10. The third-order valence-corrected chi connectivity index (χ3v) is 3.36. The van der Waals surface area contributed by atoms with Gasteiger partial charge < -0.3 is 0 Å². The van der Waals surface area contributed by atoms with E-state index in [9.17, 15) is 4.79 Å². The van der Waals surface area contributed by atoms with Gasteiger partial charge in [-0.25, -0.2) is 0 Å². The molecule has 1 saturated heterocycles. The smallest absolute Gasteiger partial charge is 0.136 e. The summed E-state index contributed by atoms with van der Waals surface area (Å²) in [6, 6.07) is 10.5. The average Bonchev–Trinajstić information content (AvgIpc) is 2.23. The molecule has 0 N–H and O–H groups in total. The highest BCUT2D eigenvalue weighted by atomic mass is 16.1. The molecule has 0 aliphatic carbocycles. The van der Waals surface area contributed by atoms with E-state index in [-0.39, 0.29) is 5.54 Å². The van der Waals surface area contributed by atoms with Crippen molar-refractivity contribution >= 4 is 5.78 Å². The van der Waals surface area contributed by atoms with Gasteiger partial charge in [-0.3, -0.25) is 9.69 Å². The molecule has 2 rings (SSSR count). The van der Waals surface area contributed by atoms with E-state index >= 15 is 0 Å². The van der Waals surface area contributed by atoms with Crippen molar-refractivity contribution in [3.8, 4) is 0 Å². The van der Waals surface area contributed by atoms with Gasteiger partial charge >= 0.3 is 0 Å². The molecule has 1 aromatic carbocycles. The predicted molar refractivity (Wildman–Crippen MR) is 65.2 cm³/mol. The number of benzene rings is 1. The second-order valence-corrected chi connectivity index (χ2v) is 5.19. The van der Waals surface area contributed by atoms with Crippen LogP contribution < -0.4 is 0 Å². The Hall–Kier alpha value is -1.15. The number of piperidine rings is 1. The number of likely N-dealkylation sites (tertiary alicyclic amines) is 1. The highest BCUT2D eigenvalue weighted by molar-refractivity contribution is 5.80. The molecule has 1 fully saturated rings. The van der Waals surface area contributed by atoms with Crippen molar-refractivity contribution in [2.45, 2.75) is 38.8 Å². The molecule has 2 heteroatoms. The van der Waals surface area contributed by atoms with Gasteiger partial charge in [0.25, 0.3) is 0 Å². The Bertz CT molecular complexity index is 370. The quantitative estimate of drug-likeness (QED) is 0.759. The molecule has 0 bridgehead atoms. The zero-order valence-electron chi connectivity index (χ0n) is 10.1. The molecule has 16 heavy (non-hydrogen) atoms. The number of carbonyl (C=O) groups is 1. The predicted octanol–water partition coefficient (Wildman–Crippen LogP) is 2.63. The number of ketones is 1. The molecule has 86 valence electrons. The molecule has 0 amide bonds. The zero-order valence-corrected chi connectivity index (χ0v) is 10.1. The van der Waals surface area contributed by atoms with Crippen molar-refractivity contribution in [3.63, 3.8) is 0 Å². The monoisotopic (exact) mass is 217 g/mol. The average molecular weight is 217 g/mol. The number of rotatable bonds is 2. The molecule has 0 saturated carbocycles. The van der Waals surface area contributed by atoms with Crippen LogP contribution in [0.15, 0.2) is 30.3 Å². The van der Waals surface area contributed by atoms with Crippen molar-refractivity contribution in [1.29, 1.82) is 0 Å². The molecule has 1 aliphatic rings. The standard InChI is InChI=1S/C14H19NO/c1-14(2)10-13(16)8-9-15(14)11-12-6-4-3-5-7-12/h3-7H,8-11H2,1-2H3. The second kappa shape index (κ2) is 4.38. The first-order chi connectivity index (χ1) is 7.58. The topological polar surface area (TPSA) is 20.3 Å². The molecule has 0 aromatic heterocycles. The minimum absolute atomic E-state index is 0.00513. The Labute approximate surface area is 97.3 Å². The summed E-state index contributed by atoms with van der Waals surface area (Å²) in [6.45, 7) is 6.15. The normalized spacial score (nSPS) is 21.0. The van der Waals surface area contributed by atoms with Gasteiger partial charge in [-0.1, -0.05) is 30.3 Å². The fourth-order valence-electron chi connectivity index (χ4n) is 2.34. The van der Waals surface area contributed by atoms with Crippen LogP contribution in [0.25, 0.3) is 0 Å². The maximum absolute atomic E-state index is 11.5. The van der Waals surface area contributed by atoms with Crippen LogP contribution in [0, 0.1) is 0 Å². The summed E-state index contributed by atoms with van der Waals surface area (Å²) in [5.74, 6) is 0.398. The maximum atomic E-state index is 11.5. The van der Waals surface area contributed by atoms with Crippen LogP contribution in [0.2, 0.25) is 0 Å². The van der Waals surface area contributed by atoms with Crippen molar-refractivity contribution in [2.75, 3.05) is 6.54 Å². The van der Waals surface area contributed by atoms with Gasteiger partial charge in [-0.15, -0.1) is 0 Å². The lowest BCUT2D eigenvalue weighted by Gasteiger charge is -2.41. The summed E-state index contributed by atoms with van der Waals surface area (Å²) < 4.78 is 0. The first kappa shape index (κ1) is 11.3. The van der Waals surface area contributed by atoms with E-state index in [1.807, 2.05) is 6.07 Å². The van der Waals surface area contributed by atoms with Gasteiger partial charge in [0.1, 0.15) is 5.78 Å². The lowest BCUT2D eigenvalue weighted by atomic mass is 9.89.